The molecule has 0 saturated heterocycles. The Kier molecular flexibility index (Phi) is 3.89. The monoisotopic (exact) mass is 329 g/mol. The average Bonchev–Trinajstić information content (AvgIpc) is 3.09. The third-order valence-corrected chi connectivity index (χ3v) is 4.16. The predicted molar refractivity (Wildman–Crippen MR) is 99.5 cm³/mol. The number of para-hydroxylation sites is 1. The molecule has 0 spiro atoms. The van der Waals surface area contributed by atoms with Crippen molar-refractivity contribution in [2.75, 3.05) is 0 Å². The third kappa shape index (κ3) is 2.72. The first-order valence-corrected chi connectivity index (χ1v) is 8.14. The molecule has 0 aliphatic heterocycles. The normalized spacial score (nSPS) is 10.7. The second-order valence-electron chi connectivity index (χ2n) is 5.39. The molecule has 3 nitrogen and oxygen atoms in total. The van der Waals surface area contributed by atoms with Gasteiger partial charge in [-0.3, -0.25) is 0 Å². The van der Waals surface area contributed by atoms with Crippen LogP contribution in [0.5, 0.6) is 0 Å². The van der Waals surface area contributed by atoms with Gasteiger partial charge in [-0.2, -0.15) is 0 Å². The minimum atomic E-state index is 0.700. The van der Waals surface area contributed by atoms with E-state index in [9.17, 15) is 0 Å². The van der Waals surface area contributed by atoms with Gasteiger partial charge in [0.2, 0.25) is 0 Å². The average molecular weight is 329 g/mol. The van der Waals surface area contributed by atoms with Gasteiger partial charge in [0.05, 0.1) is 5.69 Å². The summed E-state index contributed by atoms with van der Waals surface area (Å²) in [6.45, 7) is 0. The summed E-state index contributed by atoms with van der Waals surface area (Å²) in [6.07, 6.45) is 0. The Morgan fingerprint density at radius 2 is 1.25 bits per heavy atom. The lowest BCUT2D eigenvalue weighted by molar-refractivity contribution is 0.872. The fourth-order valence-electron chi connectivity index (χ4n) is 2.61. The summed E-state index contributed by atoms with van der Waals surface area (Å²) >= 11 is 4.58. The molecule has 4 aromatic rings. The van der Waals surface area contributed by atoms with Crippen LogP contribution in [-0.2, 0) is 0 Å². The maximum Gasteiger partial charge on any atom is 0.182 e. The molecule has 0 atom stereocenters. The van der Waals surface area contributed by atoms with Crippen molar-refractivity contribution in [2.45, 2.75) is 4.90 Å². The summed E-state index contributed by atoms with van der Waals surface area (Å²) in [5.41, 5.74) is 2.92. The second-order valence-corrected chi connectivity index (χ2v) is 5.87. The van der Waals surface area contributed by atoms with E-state index < -0.39 is 0 Å². The lowest BCUT2D eigenvalue weighted by atomic mass is 10.2. The molecule has 24 heavy (non-hydrogen) atoms. The Morgan fingerprint density at radius 3 is 1.92 bits per heavy atom. The van der Waals surface area contributed by atoms with Gasteiger partial charge in [-0.25, -0.2) is 9.67 Å². The van der Waals surface area contributed by atoms with Crippen molar-refractivity contribution in [3.63, 3.8) is 0 Å². The number of rotatable bonds is 3. The Bertz CT molecular complexity index is 963. The molecule has 0 amide bonds. The van der Waals surface area contributed by atoms with Crippen LogP contribution in [-0.4, -0.2) is 14.8 Å². The Labute approximate surface area is 146 Å². The summed E-state index contributed by atoms with van der Waals surface area (Å²) in [7, 11) is 0. The van der Waals surface area contributed by atoms with Crippen LogP contribution >= 0.6 is 12.6 Å². The van der Waals surface area contributed by atoms with Crippen molar-refractivity contribution in [3.05, 3.63) is 84.9 Å². The summed E-state index contributed by atoms with van der Waals surface area (Å²) in [5.74, 6) is 1.50. The number of nitrogens with zero attached hydrogens (tertiary/aromatic N) is 3. The van der Waals surface area contributed by atoms with Gasteiger partial charge in [-0.05, 0) is 12.1 Å². The van der Waals surface area contributed by atoms with E-state index >= 15 is 0 Å². The molecule has 3 aromatic carbocycles. The molecule has 0 aliphatic carbocycles. The number of thiol groups is 1. The van der Waals surface area contributed by atoms with Gasteiger partial charge in [-0.15, -0.1) is 17.7 Å². The number of benzene rings is 3. The molecule has 1 heterocycles. The molecule has 4 rings (SSSR count). The van der Waals surface area contributed by atoms with Gasteiger partial charge in [0, 0.05) is 16.0 Å². The molecule has 0 fully saturated rings. The van der Waals surface area contributed by atoms with Crippen LogP contribution in [0.25, 0.3) is 28.5 Å². The quantitative estimate of drug-likeness (QED) is 0.543. The van der Waals surface area contributed by atoms with E-state index in [1.54, 1.807) is 0 Å². The van der Waals surface area contributed by atoms with Gasteiger partial charge >= 0.3 is 0 Å². The van der Waals surface area contributed by atoms with E-state index in [-0.39, 0.29) is 0 Å². The van der Waals surface area contributed by atoms with Crippen LogP contribution in [0.4, 0.5) is 0 Å². The molecular weight excluding hydrogens is 314 g/mol. The van der Waals surface area contributed by atoms with Crippen LogP contribution in [0.3, 0.4) is 0 Å². The standard InChI is InChI=1S/C20H15N3S/c24-18-14-8-7-13-17(18)23-20(16-11-5-2-6-12-16)21-19(22-23)15-9-3-1-4-10-15/h1-14,24H. The van der Waals surface area contributed by atoms with Gasteiger partial charge < -0.3 is 0 Å². The lowest BCUT2D eigenvalue weighted by Gasteiger charge is -2.08. The molecule has 0 bridgehead atoms. The minimum absolute atomic E-state index is 0.700. The van der Waals surface area contributed by atoms with Crippen LogP contribution < -0.4 is 0 Å². The van der Waals surface area contributed by atoms with Crippen LogP contribution in [0.1, 0.15) is 0 Å². The lowest BCUT2D eigenvalue weighted by Crippen LogP contribution is -2.00. The zero-order chi connectivity index (χ0) is 16.4. The maximum atomic E-state index is 4.79. The molecule has 0 N–H and O–H groups in total. The fraction of sp³-hybridized carbons (Fsp3) is 0. The third-order valence-electron chi connectivity index (χ3n) is 3.78. The van der Waals surface area contributed by atoms with Crippen LogP contribution in [0, 0.1) is 0 Å². The van der Waals surface area contributed by atoms with E-state index in [1.807, 2.05) is 89.6 Å². The first kappa shape index (κ1) is 14.7. The van der Waals surface area contributed by atoms with Crippen molar-refractivity contribution in [1.29, 1.82) is 0 Å². The summed E-state index contributed by atoms with van der Waals surface area (Å²) in [6, 6.07) is 28.0. The van der Waals surface area contributed by atoms with E-state index in [4.69, 9.17) is 10.1 Å². The largest absolute Gasteiger partial charge is 0.211 e. The maximum absolute atomic E-state index is 4.79. The first-order valence-electron chi connectivity index (χ1n) is 7.69. The van der Waals surface area contributed by atoms with Gasteiger partial charge in [0.25, 0.3) is 0 Å². The van der Waals surface area contributed by atoms with E-state index in [0.717, 1.165) is 27.5 Å². The summed E-state index contributed by atoms with van der Waals surface area (Å²) < 4.78 is 1.86. The second kappa shape index (κ2) is 6.34. The fourth-order valence-corrected chi connectivity index (χ4v) is 2.86. The smallest absolute Gasteiger partial charge is 0.182 e. The summed E-state index contributed by atoms with van der Waals surface area (Å²) in [4.78, 5) is 5.65. The molecule has 1 aromatic heterocycles. The zero-order valence-electron chi connectivity index (χ0n) is 12.9. The van der Waals surface area contributed by atoms with E-state index in [1.165, 1.54) is 0 Å². The number of hydrogen-bond acceptors (Lipinski definition) is 3. The first-order chi connectivity index (χ1) is 11.8. The summed E-state index contributed by atoms with van der Waals surface area (Å²) in [5, 5.41) is 4.74. The molecule has 0 radical (unpaired) electrons. The Morgan fingerprint density at radius 1 is 0.667 bits per heavy atom. The molecule has 0 unspecified atom stereocenters. The Hall–Kier alpha value is -2.85. The number of hydrogen-bond donors (Lipinski definition) is 1. The highest BCUT2D eigenvalue weighted by Gasteiger charge is 2.15. The van der Waals surface area contributed by atoms with Crippen molar-refractivity contribution >= 4 is 12.6 Å². The molecule has 4 heteroatoms. The van der Waals surface area contributed by atoms with Gasteiger partial charge in [0.1, 0.15) is 0 Å². The molecule has 116 valence electrons. The van der Waals surface area contributed by atoms with Crippen LogP contribution in [0.15, 0.2) is 89.8 Å². The van der Waals surface area contributed by atoms with E-state index in [2.05, 4.69) is 12.6 Å². The van der Waals surface area contributed by atoms with Crippen molar-refractivity contribution in [2.24, 2.45) is 0 Å². The highest BCUT2D eigenvalue weighted by Crippen LogP contribution is 2.27. The molecule has 0 saturated carbocycles. The van der Waals surface area contributed by atoms with Crippen molar-refractivity contribution in [3.8, 4) is 28.5 Å². The topological polar surface area (TPSA) is 30.7 Å². The number of aromatic nitrogens is 3. The van der Waals surface area contributed by atoms with Gasteiger partial charge in [0.15, 0.2) is 11.6 Å². The van der Waals surface area contributed by atoms with Crippen molar-refractivity contribution < 1.29 is 0 Å². The highest BCUT2D eigenvalue weighted by atomic mass is 32.1. The Balaban J connectivity index is 1.94. The van der Waals surface area contributed by atoms with Crippen LogP contribution in [0.2, 0.25) is 0 Å². The SMILES string of the molecule is Sc1ccccc1-n1nc(-c2ccccc2)nc1-c1ccccc1. The van der Waals surface area contributed by atoms with Gasteiger partial charge in [-0.1, -0.05) is 72.8 Å². The van der Waals surface area contributed by atoms with Crippen molar-refractivity contribution in [1.82, 2.24) is 14.8 Å². The molecule has 0 aliphatic rings. The molecular formula is C20H15N3S. The highest BCUT2D eigenvalue weighted by molar-refractivity contribution is 7.80. The predicted octanol–water partition coefficient (Wildman–Crippen LogP) is 4.89. The van der Waals surface area contributed by atoms with E-state index in [0.29, 0.717) is 5.82 Å². The minimum Gasteiger partial charge on any atom is -0.211 e. The zero-order valence-corrected chi connectivity index (χ0v) is 13.8.